The van der Waals surface area contributed by atoms with Crippen LogP contribution in [0.15, 0.2) is 97.1 Å². The van der Waals surface area contributed by atoms with Gasteiger partial charge in [0.05, 0.1) is 35.6 Å². The van der Waals surface area contributed by atoms with Gasteiger partial charge in [0.1, 0.15) is 47.0 Å². The van der Waals surface area contributed by atoms with E-state index in [-0.39, 0.29) is 36.4 Å². The first-order valence-corrected chi connectivity index (χ1v) is 42.4. The molecule has 0 aliphatic heterocycles. The number of aromatic amines is 1. The molecule has 0 spiro atoms. The summed E-state index contributed by atoms with van der Waals surface area (Å²) in [5.74, 6) is -0.261. The first-order chi connectivity index (χ1) is 56.9. The maximum Gasteiger partial charge on any atom is 0.294 e. The summed E-state index contributed by atoms with van der Waals surface area (Å²) < 4.78 is 31.1. The number of hydrogen-bond donors (Lipinski definition) is 2. The molecule has 0 amide bonds. The van der Waals surface area contributed by atoms with Crippen LogP contribution >= 0.6 is 46.4 Å². The van der Waals surface area contributed by atoms with Crippen molar-refractivity contribution in [3.8, 4) is 44.5 Å². The Morgan fingerprint density at radius 1 is 0.385 bits per heavy atom. The minimum atomic E-state index is -0.758. The van der Waals surface area contributed by atoms with Crippen molar-refractivity contribution in [3.63, 3.8) is 0 Å². The molecule has 12 rings (SSSR count). The van der Waals surface area contributed by atoms with Gasteiger partial charge in [0.15, 0.2) is 23.1 Å². The molecular weight excluding hydrogens is 1610 g/mol. The van der Waals surface area contributed by atoms with Gasteiger partial charge in [-0.05, 0) is 287 Å². The van der Waals surface area contributed by atoms with E-state index in [2.05, 4.69) is 46.9 Å². The van der Waals surface area contributed by atoms with Gasteiger partial charge in [-0.15, -0.1) is 0 Å². The average molecular weight is 1730 g/mol. The van der Waals surface area contributed by atoms with Crippen molar-refractivity contribution in [2.45, 2.75) is 260 Å². The number of benzene rings is 4. The van der Waals surface area contributed by atoms with Gasteiger partial charge in [-0.3, -0.25) is 28.6 Å². The lowest BCUT2D eigenvalue weighted by molar-refractivity contribution is -0.139. The largest absolute Gasteiger partial charge is 0.395 e. The molecule has 8 aromatic heterocycles. The van der Waals surface area contributed by atoms with Gasteiger partial charge in [-0.25, -0.2) is 33.1 Å². The number of aliphatic hydroxyl groups is 1. The lowest BCUT2D eigenvalue weighted by Crippen LogP contribution is -2.27. The average Bonchev–Trinajstić information content (AvgIpc) is 1.59. The van der Waals surface area contributed by atoms with E-state index in [9.17, 15) is 24.3 Å². The molecule has 0 aliphatic carbocycles. The fourth-order valence-electron chi connectivity index (χ4n) is 15.8. The fourth-order valence-corrected chi connectivity index (χ4v) is 16.3. The van der Waals surface area contributed by atoms with E-state index in [1.807, 2.05) is 245 Å². The molecule has 122 heavy (non-hydrogen) atoms. The van der Waals surface area contributed by atoms with Crippen LogP contribution in [0.2, 0.25) is 20.1 Å². The first kappa shape index (κ1) is 96.1. The summed E-state index contributed by atoms with van der Waals surface area (Å²) in [6.07, 6.45) is -2.95. The molecule has 0 fully saturated rings. The van der Waals surface area contributed by atoms with Crippen LogP contribution in [0.4, 0.5) is 0 Å². The normalized spacial score (nSPS) is 12.9. The van der Waals surface area contributed by atoms with Crippen LogP contribution < -0.4 is 0 Å². The number of Topliss-reactive ketones (excluding diaryl/α,β-unsaturated/α-hetero) is 4. The maximum absolute atomic E-state index is 12.8. The maximum atomic E-state index is 12.8. The molecule has 12 aromatic rings. The Labute approximate surface area is 738 Å². The summed E-state index contributed by atoms with van der Waals surface area (Å²) in [5, 5.41) is 16.1. The van der Waals surface area contributed by atoms with E-state index in [1.54, 1.807) is 27.7 Å². The zero-order valence-corrected chi connectivity index (χ0v) is 78.9. The van der Waals surface area contributed by atoms with Crippen molar-refractivity contribution in [1.29, 1.82) is 0 Å². The van der Waals surface area contributed by atoms with Crippen molar-refractivity contribution >= 4 is 114 Å². The number of fused-ring (bicyclic) bond motifs is 4. The molecule has 2 N–H and O–H groups in total. The molecule has 0 saturated heterocycles. The Kier molecular flexibility index (Phi) is 30.4. The Bertz CT molecular complexity index is 6050. The number of rotatable bonds is 21. The molecule has 4 aromatic carbocycles. The SMILES string of the molecule is CC(=O)C(OC(C)(C)C)c1c(C)nc2[nH]c(C)c(C)c2c1-c1ccc(Cl)cc1.CC(=O)C(OC(C)(C)C)c1c(C)nc2c(c(C)c(C)n2CCO)c1-c1ccc(Cl)cc1.[C-]#[N+]CCn1c(C)c(C)c2c(-c3ccc(Cl)cc3)c(C(OC(C)(C)C)C(C)=O)c(C)nc21.[C-]#[N+]Cn1c(C)c(C)c2c(-c3ccc(Cl)cc3)c(C(OC(C)(C)C)C(C)=O)c(C)nc21. The van der Waals surface area contributed by atoms with Crippen LogP contribution in [0, 0.1) is 96.2 Å². The Morgan fingerprint density at radius 2 is 0.639 bits per heavy atom. The minimum Gasteiger partial charge on any atom is -0.395 e. The number of carbonyl (C=O) groups excluding carboxylic acids is 4. The Balaban J connectivity index is 0.000000185. The topological polar surface area (TPSA) is 216 Å². The Morgan fingerprint density at radius 3 is 0.893 bits per heavy atom. The van der Waals surface area contributed by atoms with Crippen molar-refractivity contribution in [1.82, 2.24) is 38.6 Å². The highest BCUT2D eigenvalue weighted by Gasteiger charge is 2.38. The van der Waals surface area contributed by atoms with E-state index in [4.69, 9.17) is 98.4 Å². The van der Waals surface area contributed by atoms with Gasteiger partial charge in [0.25, 0.3) is 6.67 Å². The third-order valence-electron chi connectivity index (χ3n) is 21.5. The highest BCUT2D eigenvalue weighted by atomic mass is 35.5. The van der Waals surface area contributed by atoms with Crippen molar-refractivity contribution < 1.29 is 43.2 Å². The van der Waals surface area contributed by atoms with Crippen LogP contribution in [-0.4, -0.2) is 102 Å². The van der Waals surface area contributed by atoms with E-state index in [1.165, 1.54) is 0 Å². The van der Waals surface area contributed by atoms with Crippen molar-refractivity contribution in [2.24, 2.45) is 0 Å². The van der Waals surface area contributed by atoms with Crippen LogP contribution in [0.5, 0.6) is 0 Å². The van der Waals surface area contributed by atoms with Crippen molar-refractivity contribution in [3.05, 3.63) is 230 Å². The summed E-state index contributed by atoms with van der Waals surface area (Å²) in [7, 11) is 0. The number of aromatic nitrogens is 8. The summed E-state index contributed by atoms with van der Waals surface area (Å²) in [5.41, 5.74) is 23.3. The number of pyridine rings is 4. The highest BCUT2D eigenvalue weighted by molar-refractivity contribution is 6.31. The van der Waals surface area contributed by atoms with Crippen molar-refractivity contribution in [2.75, 3.05) is 13.2 Å². The lowest BCUT2D eigenvalue weighted by atomic mass is 9.90. The standard InChI is InChI=1S/C26H30ClN3O2.C25H28ClN3O2.C25H31ClN2O3.C23H27ClN2O2/c1-15-17(3)30(14-13-28-8)25-21(15)23(19-9-11-20(27)12-10-19)22(16(2)29-25)24(18(4)31)32-26(5,6)7;1-14-16(3)29(13-27-8)24-20(14)22(18-9-11-19(26)12-10-18)21(15(2)28-24)23(17(4)30)31-25(5,6)7;1-14-16(3)28(12-13-29)24-20(14)22(18-8-10-19(26)11-9-18)21(15(2)27-24)23(17(4)30)31-25(5,6)7;1-12-13(2)25-22-18(12)20(16-8-10-17(24)11-9-16)19(14(3)26-22)21(15(4)27)28-23(5,6)7/h9-12,24H,13-14H2,1-7H3;9-12,23H,13H2,1-7H3;8-11,23,29H,12-13H2,1-7H3;8-11,21H,1-7H3,(H,25,26). The summed E-state index contributed by atoms with van der Waals surface area (Å²) in [6.45, 7) is 69.8. The second-order valence-electron chi connectivity index (χ2n) is 35.3. The number of aliphatic hydroxyl groups excluding tert-OH is 1. The van der Waals surface area contributed by atoms with Crippen LogP contribution in [-0.2, 0) is 57.9 Å². The quantitative estimate of drug-likeness (QED) is 0.0641. The number of aryl methyl sites for hydroxylation is 9. The number of nitrogens with zero attached hydrogens (tertiary/aromatic N) is 9. The molecular formula is C99H116Cl4N10O9. The predicted octanol–water partition coefficient (Wildman–Crippen LogP) is 25.2. The van der Waals surface area contributed by atoms with Gasteiger partial charge < -0.3 is 43.0 Å². The number of ether oxygens (including phenoxy) is 4. The second-order valence-corrected chi connectivity index (χ2v) is 37.1. The molecule has 0 aliphatic rings. The predicted molar refractivity (Wildman–Crippen MR) is 496 cm³/mol. The molecule has 0 bridgehead atoms. The van der Waals surface area contributed by atoms with Gasteiger partial charge >= 0.3 is 0 Å². The molecule has 4 unspecified atom stereocenters. The molecule has 4 atom stereocenters. The zero-order valence-electron chi connectivity index (χ0n) is 75.8. The number of nitrogens with one attached hydrogen (secondary N) is 1. The van der Waals surface area contributed by atoms with Gasteiger partial charge in [-0.1, -0.05) is 94.9 Å². The minimum absolute atomic E-state index is 0.0199. The zero-order chi connectivity index (χ0) is 90.8. The van der Waals surface area contributed by atoms with E-state index < -0.39 is 46.8 Å². The monoisotopic (exact) mass is 1730 g/mol. The number of H-pyrrole nitrogens is 1. The lowest BCUT2D eigenvalue weighted by Gasteiger charge is -2.29. The Hall–Kier alpha value is -9.74. The molecule has 23 heteroatoms. The van der Waals surface area contributed by atoms with Crippen LogP contribution in [0.1, 0.15) is 225 Å². The molecule has 19 nitrogen and oxygen atoms in total. The fraction of sp³-hybridized carbons (Fsp3) is 0.414. The van der Waals surface area contributed by atoms with Gasteiger partial charge in [0.2, 0.25) is 6.54 Å². The number of ketones is 4. The van der Waals surface area contributed by atoms with E-state index in [0.717, 1.165) is 173 Å². The molecule has 0 saturated carbocycles. The third-order valence-corrected chi connectivity index (χ3v) is 22.5. The summed E-state index contributed by atoms with van der Waals surface area (Å²) in [6, 6.07) is 30.6. The third kappa shape index (κ3) is 21.4. The highest BCUT2D eigenvalue weighted by Crippen LogP contribution is 2.48. The molecule has 8 heterocycles. The van der Waals surface area contributed by atoms with Crippen LogP contribution in [0.25, 0.3) is 98.3 Å². The molecule has 0 radical (unpaired) electrons. The summed E-state index contributed by atoms with van der Waals surface area (Å²) in [4.78, 5) is 81.1. The van der Waals surface area contributed by atoms with Gasteiger partial charge in [0, 0.05) is 138 Å². The number of carbonyl (C=O) groups is 4. The smallest absolute Gasteiger partial charge is 0.294 e. The first-order valence-electron chi connectivity index (χ1n) is 40.9. The number of hydrogen-bond acceptors (Lipinski definition) is 13. The van der Waals surface area contributed by atoms with Crippen LogP contribution in [0.3, 0.4) is 0 Å². The van der Waals surface area contributed by atoms with Gasteiger partial charge in [-0.2, -0.15) is 0 Å². The molecule has 644 valence electrons. The summed E-state index contributed by atoms with van der Waals surface area (Å²) >= 11 is 24.6. The van der Waals surface area contributed by atoms with E-state index in [0.29, 0.717) is 45.4 Å². The second kappa shape index (κ2) is 38.6. The number of halogens is 4. The van der Waals surface area contributed by atoms with E-state index >= 15 is 0 Å².